The van der Waals surface area contributed by atoms with E-state index in [0.29, 0.717) is 6.54 Å². The predicted octanol–water partition coefficient (Wildman–Crippen LogP) is 2.78. The minimum atomic E-state index is -0.649. The molecule has 0 radical (unpaired) electrons. The smallest absolute Gasteiger partial charge is 0.240 e. The maximum absolute atomic E-state index is 12.1. The Labute approximate surface area is 132 Å². The van der Waals surface area contributed by atoms with Crippen LogP contribution in [0.4, 0.5) is 0 Å². The fourth-order valence-electron chi connectivity index (χ4n) is 2.51. The molecule has 1 aliphatic carbocycles. The fourth-order valence-corrected chi connectivity index (χ4v) is 2.51. The lowest BCUT2D eigenvalue weighted by Crippen LogP contribution is -2.51. The van der Waals surface area contributed by atoms with Gasteiger partial charge in [0, 0.05) is 6.54 Å². The zero-order valence-electron chi connectivity index (χ0n) is 12.6. The topological polar surface area (TPSA) is 64.3 Å². The second-order valence-corrected chi connectivity index (χ2v) is 5.54. The molecule has 1 saturated carbocycles. The molecule has 0 bridgehead atoms. The molecule has 1 aromatic rings. The average Bonchev–Trinajstić information content (AvgIpc) is 2.92. The molecule has 1 fully saturated rings. The lowest BCUT2D eigenvalue weighted by Gasteiger charge is -2.22. The molecule has 0 aliphatic heterocycles. The van der Waals surface area contributed by atoms with Crippen LogP contribution in [0.1, 0.15) is 44.6 Å². The summed E-state index contributed by atoms with van der Waals surface area (Å²) in [6.07, 6.45) is 4.68. The van der Waals surface area contributed by atoms with Crippen LogP contribution in [0.15, 0.2) is 24.3 Å². The van der Waals surface area contributed by atoms with E-state index in [2.05, 4.69) is 12.2 Å². The Hall–Kier alpha value is -1.26. The summed E-state index contributed by atoms with van der Waals surface area (Å²) >= 11 is 0. The van der Waals surface area contributed by atoms with Crippen molar-refractivity contribution in [3.05, 3.63) is 29.8 Å². The van der Waals surface area contributed by atoms with E-state index in [1.54, 1.807) is 0 Å². The molecule has 2 rings (SSSR count). The highest BCUT2D eigenvalue weighted by Crippen LogP contribution is 2.27. The van der Waals surface area contributed by atoms with Gasteiger partial charge in [-0.25, -0.2) is 0 Å². The third-order valence-corrected chi connectivity index (χ3v) is 3.80. The summed E-state index contributed by atoms with van der Waals surface area (Å²) in [5, 5.41) is 2.94. The zero-order chi connectivity index (χ0) is 14.4. The maximum atomic E-state index is 12.1. The van der Waals surface area contributed by atoms with Crippen molar-refractivity contribution in [2.75, 3.05) is 6.61 Å². The number of benzene rings is 1. The van der Waals surface area contributed by atoms with Crippen LogP contribution in [0.25, 0.3) is 0 Å². The van der Waals surface area contributed by atoms with Crippen LogP contribution in [0, 0.1) is 0 Å². The van der Waals surface area contributed by atoms with Gasteiger partial charge in [-0.2, -0.15) is 0 Å². The van der Waals surface area contributed by atoms with Crippen LogP contribution < -0.4 is 15.8 Å². The number of nitrogens with two attached hydrogens (primary N) is 1. The van der Waals surface area contributed by atoms with Crippen LogP contribution in [0.3, 0.4) is 0 Å². The Morgan fingerprint density at radius 2 is 1.90 bits per heavy atom. The molecular formula is C16H25ClN2O2. The van der Waals surface area contributed by atoms with Crippen molar-refractivity contribution in [1.82, 2.24) is 5.32 Å². The van der Waals surface area contributed by atoms with E-state index in [0.717, 1.165) is 50.0 Å². The number of ether oxygens (including phenoxy) is 1. The normalized spacial score (nSPS) is 16.1. The van der Waals surface area contributed by atoms with E-state index in [4.69, 9.17) is 10.5 Å². The number of hydrogen-bond donors (Lipinski definition) is 2. The SMILES string of the molecule is CCCOc1ccc(CNC(=O)C2(N)CCCC2)cc1.Cl. The number of carbonyl (C=O) groups excluding carboxylic acids is 1. The van der Waals surface area contributed by atoms with Crippen molar-refractivity contribution in [2.45, 2.75) is 51.1 Å². The third-order valence-electron chi connectivity index (χ3n) is 3.80. The number of amides is 1. The number of halogens is 1. The summed E-state index contributed by atoms with van der Waals surface area (Å²) in [5.74, 6) is 0.842. The third kappa shape index (κ3) is 4.90. The molecular weight excluding hydrogens is 288 g/mol. The van der Waals surface area contributed by atoms with Gasteiger partial charge in [-0.15, -0.1) is 12.4 Å². The van der Waals surface area contributed by atoms with Gasteiger partial charge in [0.15, 0.2) is 0 Å². The number of rotatable bonds is 6. The summed E-state index contributed by atoms with van der Waals surface area (Å²) in [7, 11) is 0. The van der Waals surface area contributed by atoms with Gasteiger partial charge in [0.2, 0.25) is 5.91 Å². The Balaban J connectivity index is 0.00000220. The Morgan fingerprint density at radius 3 is 2.48 bits per heavy atom. The van der Waals surface area contributed by atoms with E-state index >= 15 is 0 Å². The highest BCUT2D eigenvalue weighted by Gasteiger charge is 2.36. The quantitative estimate of drug-likeness (QED) is 0.849. The van der Waals surface area contributed by atoms with Gasteiger partial charge >= 0.3 is 0 Å². The van der Waals surface area contributed by atoms with Crippen molar-refractivity contribution in [3.63, 3.8) is 0 Å². The highest BCUT2D eigenvalue weighted by atomic mass is 35.5. The van der Waals surface area contributed by atoms with Gasteiger partial charge in [-0.3, -0.25) is 4.79 Å². The minimum Gasteiger partial charge on any atom is -0.494 e. The summed E-state index contributed by atoms with van der Waals surface area (Å²) in [6.45, 7) is 3.33. The summed E-state index contributed by atoms with van der Waals surface area (Å²) in [4.78, 5) is 12.1. The molecule has 21 heavy (non-hydrogen) atoms. The van der Waals surface area contributed by atoms with Crippen molar-refractivity contribution < 1.29 is 9.53 Å². The van der Waals surface area contributed by atoms with Gasteiger partial charge in [0.25, 0.3) is 0 Å². The van der Waals surface area contributed by atoms with E-state index in [-0.39, 0.29) is 18.3 Å². The fraction of sp³-hybridized carbons (Fsp3) is 0.562. The molecule has 0 saturated heterocycles. The molecule has 0 heterocycles. The molecule has 1 aromatic carbocycles. The molecule has 0 aromatic heterocycles. The highest BCUT2D eigenvalue weighted by molar-refractivity contribution is 5.86. The molecule has 5 heteroatoms. The lowest BCUT2D eigenvalue weighted by molar-refractivity contribution is -0.126. The molecule has 3 N–H and O–H groups in total. The summed E-state index contributed by atoms with van der Waals surface area (Å²) in [6, 6.07) is 7.82. The molecule has 4 nitrogen and oxygen atoms in total. The molecule has 0 spiro atoms. The summed E-state index contributed by atoms with van der Waals surface area (Å²) in [5.41, 5.74) is 6.52. The van der Waals surface area contributed by atoms with Crippen LogP contribution in [0.5, 0.6) is 5.75 Å². The number of carbonyl (C=O) groups is 1. The monoisotopic (exact) mass is 312 g/mol. The van der Waals surface area contributed by atoms with E-state index in [9.17, 15) is 4.79 Å². The Bertz CT molecular complexity index is 442. The van der Waals surface area contributed by atoms with Crippen molar-refractivity contribution in [1.29, 1.82) is 0 Å². The van der Waals surface area contributed by atoms with E-state index in [1.807, 2.05) is 24.3 Å². The van der Waals surface area contributed by atoms with Crippen LogP contribution in [-0.4, -0.2) is 18.1 Å². The molecule has 0 unspecified atom stereocenters. The van der Waals surface area contributed by atoms with Crippen LogP contribution >= 0.6 is 12.4 Å². The number of hydrogen-bond acceptors (Lipinski definition) is 3. The van der Waals surface area contributed by atoms with Crippen LogP contribution in [-0.2, 0) is 11.3 Å². The van der Waals surface area contributed by atoms with E-state index in [1.165, 1.54) is 0 Å². The first-order chi connectivity index (χ1) is 9.64. The lowest BCUT2D eigenvalue weighted by atomic mass is 9.98. The Morgan fingerprint density at radius 1 is 1.29 bits per heavy atom. The largest absolute Gasteiger partial charge is 0.494 e. The number of nitrogens with one attached hydrogen (secondary N) is 1. The van der Waals surface area contributed by atoms with Crippen molar-refractivity contribution >= 4 is 18.3 Å². The average molecular weight is 313 g/mol. The summed E-state index contributed by atoms with van der Waals surface area (Å²) < 4.78 is 5.53. The van der Waals surface area contributed by atoms with Gasteiger partial charge in [0.1, 0.15) is 5.75 Å². The van der Waals surface area contributed by atoms with Gasteiger partial charge in [-0.05, 0) is 37.0 Å². The van der Waals surface area contributed by atoms with Crippen LogP contribution in [0.2, 0.25) is 0 Å². The second-order valence-electron chi connectivity index (χ2n) is 5.54. The van der Waals surface area contributed by atoms with Crippen molar-refractivity contribution in [2.24, 2.45) is 5.73 Å². The maximum Gasteiger partial charge on any atom is 0.240 e. The molecule has 0 atom stereocenters. The predicted molar refractivity (Wildman–Crippen MR) is 86.7 cm³/mol. The molecule has 118 valence electrons. The standard InChI is InChI=1S/C16H24N2O2.ClH/c1-2-11-20-14-7-5-13(6-8-14)12-18-15(19)16(17)9-3-4-10-16;/h5-8H,2-4,9-12,17H2,1H3,(H,18,19);1H. The van der Waals surface area contributed by atoms with Gasteiger partial charge < -0.3 is 15.8 Å². The van der Waals surface area contributed by atoms with E-state index < -0.39 is 5.54 Å². The van der Waals surface area contributed by atoms with Gasteiger partial charge in [-0.1, -0.05) is 31.9 Å². The first kappa shape index (κ1) is 17.8. The molecule has 1 amide bonds. The van der Waals surface area contributed by atoms with Gasteiger partial charge in [0.05, 0.1) is 12.1 Å². The second kappa shape index (κ2) is 8.25. The zero-order valence-corrected chi connectivity index (χ0v) is 13.4. The molecule has 1 aliphatic rings. The first-order valence-electron chi connectivity index (χ1n) is 7.43. The minimum absolute atomic E-state index is 0. The van der Waals surface area contributed by atoms with Crippen molar-refractivity contribution in [3.8, 4) is 5.75 Å². The first-order valence-corrected chi connectivity index (χ1v) is 7.43. The Kier molecular flexibility index (Phi) is 6.99.